The summed E-state index contributed by atoms with van der Waals surface area (Å²) in [5, 5.41) is 14.9. The van der Waals surface area contributed by atoms with Gasteiger partial charge < -0.3 is 5.11 Å². The average molecular weight is 331 g/mol. The molecule has 1 unspecified atom stereocenters. The molecule has 0 amide bonds. The van der Waals surface area contributed by atoms with Gasteiger partial charge in [0.2, 0.25) is 0 Å². The summed E-state index contributed by atoms with van der Waals surface area (Å²) in [5.41, 5.74) is 1.88. The van der Waals surface area contributed by atoms with Crippen LogP contribution in [0.2, 0.25) is 0 Å². The molecular formula is C19H26FN3O. The van der Waals surface area contributed by atoms with E-state index in [2.05, 4.69) is 37.0 Å². The highest BCUT2D eigenvalue weighted by atomic mass is 19.1. The SMILES string of the molecule is CC(C)(C)n1cc(CN(CC(O)c2ccc(F)cc2)C2CC2)cn1. The lowest BCUT2D eigenvalue weighted by Gasteiger charge is -2.25. The van der Waals surface area contributed by atoms with Crippen molar-refractivity contribution in [3.05, 3.63) is 53.6 Å². The third-order valence-electron chi connectivity index (χ3n) is 4.43. The molecule has 4 nitrogen and oxygen atoms in total. The number of hydrogen-bond donors (Lipinski definition) is 1. The predicted octanol–water partition coefficient (Wildman–Crippen LogP) is 3.48. The van der Waals surface area contributed by atoms with Gasteiger partial charge >= 0.3 is 0 Å². The van der Waals surface area contributed by atoms with Gasteiger partial charge in [-0.1, -0.05) is 12.1 Å². The van der Waals surface area contributed by atoms with Crippen molar-refractivity contribution in [2.24, 2.45) is 0 Å². The van der Waals surface area contributed by atoms with Gasteiger partial charge in [0.05, 0.1) is 17.8 Å². The minimum Gasteiger partial charge on any atom is -0.387 e. The number of aromatic nitrogens is 2. The van der Waals surface area contributed by atoms with Gasteiger partial charge in [-0.2, -0.15) is 5.10 Å². The molecule has 0 bridgehead atoms. The highest BCUT2D eigenvalue weighted by Crippen LogP contribution is 2.30. The zero-order valence-corrected chi connectivity index (χ0v) is 14.6. The maximum Gasteiger partial charge on any atom is 0.123 e. The van der Waals surface area contributed by atoms with Crippen LogP contribution in [0.1, 0.15) is 50.8 Å². The highest BCUT2D eigenvalue weighted by molar-refractivity contribution is 5.19. The minimum atomic E-state index is -0.608. The van der Waals surface area contributed by atoms with Gasteiger partial charge in [0, 0.05) is 30.9 Å². The van der Waals surface area contributed by atoms with Crippen molar-refractivity contribution < 1.29 is 9.50 Å². The smallest absolute Gasteiger partial charge is 0.123 e. The minimum absolute atomic E-state index is 0.0315. The molecule has 1 atom stereocenters. The van der Waals surface area contributed by atoms with Crippen LogP contribution in [0.25, 0.3) is 0 Å². The molecule has 1 aliphatic rings. The Balaban J connectivity index is 1.67. The second kappa shape index (κ2) is 6.65. The first-order valence-corrected chi connectivity index (χ1v) is 8.54. The Bertz CT molecular complexity index is 671. The van der Waals surface area contributed by atoms with E-state index < -0.39 is 6.10 Å². The van der Waals surface area contributed by atoms with Crippen molar-refractivity contribution in [3.8, 4) is 0 Å². The summed E-state index contributed by atoms with van der Waals surface area (Å²) in [6, 6.07) is 6.63. The van der Waals surface area contributed by atoms with Crippen molar-refractivity contribution in [1.82, 2.24) is 14.7 Å². The third kappa shape index (κ3) is 4.22. The second-order valence-electron chi connectivity index (χ2n) is 7.69. The Hall–Kier alpha value is -1.72. The molecule has 1 fully saturated rings. The quantitative estimate of drug-likeness (QED) is 0.881. The molecule has 1 saturated carbocycles. The fourth-order valence-electron chi connectivity index (χ4n) is 2.84. The second-order valence-corrected chi connectivity index (χ2v) is 7.69. The molecule has 3 rings (SSSR count). The van der Waals surface area contributed by atoms with Crippen LogP contribution in [0.15, 0.2) is 36.7 Å². The van der Waals surface area contributed by atoms with Crippen molar-refractivity contribution in [3.63, 3.8) is 0 Å². The maximum absolute atomic E-state index is 13.0. The van der Waals surface area contributed by atoms with E-state index in [1.54, 1.807) is 12.1 Å². The largest absolute Gasteiger partial charge is 0.387 e. The van der Waals surface area contributed by atoms with E-state index in [1.807, 2.05) is 10.9 Å². The first-order valence-electron chi connectivity index (χ1n) is 8.54. The Morgan fingerprint density at radius 3 is 2.50 bits per heavy atom. The van der Waals surface area contributed by atoms with Crippen LogP contribution in [0.4, 0.5) is 4.39 Å². The molecule has 0 radical (unpaired) electrons. The number of nitrogens with zero attached hydrogens (tertiary/aromatic N) is 3. The van der Waals surface area contributed by atoms with Crippen LogP contribution in [-0.4, -0.2) is 32.4 Å². The summed E-state index contributed by atoms with van der Waals surface area (Å²) >= 11 is 0. The van der Waals surface area contributed by atoms with Gasteiger partial charge in [-0.05, 0) is 51.3 Å². The number of halogens is 1. The monoisotopic (exact) mass is 331 g/mol. The molecule has 0 aliphatic heterocycles. The van der Waals surface area contributed by atoms with Gasteiger partial charge in [-0.3, -0.25) is 9.58 Å². The van der Waals surface area contributed by atoms with Crippen LogP contribution in [-0.2, 0) is 12.1 Å². The fraction of sp³-hybridized carbons (Fsp3) is 0.526. The molecule has 0 saturated heterocycles. The van der Waals surface area contributed by atoms with Crippen LogP contribution in [0, 0.1) is 5.82 Å². The van der Waals surface area contributed by atoms with Gasteiger partial charge in [-0.15, -0.1) is 0 Å². The van der Waals surface area contributed by atoms with Crippen molar-refractivity contribution in [1.29, 1.82) is 0 Å². The normalized spacial score (nSPS) is 16.6. The molecule has 1 aromatic heterocycles. The number of rotatable bonds is 6. The first-order chi connectivity index (χ1) is 11.3. The van der Waals surface area contributed by atoms with E-state index in [4.69, 9.17) is 0 Å². The van der Waals surface area contributed by atoms with E-state index in [1.165, 1.54) is 25.0 Å². The van der Waals surface area contributed by atoms with Crippen LogP contribution < -0.4 is 0 Å². The summed E-state index contributed by atoms with van der Waals surface area (Å²) in [6.45, 7) is 7.71. The number of benzene rings is 1. The van der Waals surface area contributed by atoms with Crippen molar-refractivity contribution >= 4 is 0 Å². The summed E-state index contributed by atoms with van der Waals surface area (Å²) in [4.78, 5) is 2.30. The molecule has 0 spiro atoms. The van der Waals surface area contributed by atoms with Crippen LogP contribution in [0.5, 0.6) is 0 Å². The third-order valence-corrected chi connectivity index (χ3v) is 4.43. The van der Waals surface area contributed by atoms with Gasteiger partial charge in [0.15, 0.2) is 0 Å². The Morgan fingerprint density at radius 1 is 1.29 bits per heavy atom. The van der Waals surface area contributed by atoms with Gasteiger partial charge in [-0.25, -0.2) is 4.39 Å². The van der Waals surface area contributed by atoms with Crippen LogP contribution >= 0.6 is 0 Å². The van der Waals surface area contributed by atoms with E-state index in [0.29, 0.717) is 12.6 Å². The molecule has 1 heterocycles. The van der Waals surface area contributed by atoms with Gasteiger partial charge in [0.25, 0.3) is 0 Å². The lowest BCUT2D eigenvalue weighted by atomic mass is 10.1. The average Bonchev–Trinajstić information content (AvgIpc) is 3.25. The molecule has 1 N–H and O–H groups in total. The number of aliphatic hydroxyl groups is 1. The highest BCUT2D eigenvalue weighted by Gasteiger charge is 2.31. The summed E-state index contributed by atoms with van der Waals surface area (Å²) in [7, 11) is 0. The lowest BCUT2D eigenvalue weighted by Crippen LogP contribution is -2.30. The summed E-state index contributed by atoms with van der Waals surface area (Å²) < 4.78 is 15.0. The van der Waals surface area contributed by atoms with Crippen molar-refractivity contribution in [2.45, 2.75) is 57.8 Å². The van der Waals surface area contributed by atoms with E-state index in [9.17, 15) is 9.50 Å². The maximum atomic E-state index is 13.0. The Morgan fingerprint density at radius 2 is 1.96 bits per heavy atom. The standard InChI is InChI=1S/C19H26FN3O/c1-19(2,3)23-12-14(10-21-23)11-22(17-8-9-17)13-18(24)15-4-6-16(20)7-5-15/h4-7,10,12,17-18,24H,8-9,11,13H2,1-3H3. The van der Waals surface area contributed by atoms with Crippen molar-refractivity contribution in [2.75, 3.05) is 6.54 Å². The number of aliphatic hydroxyl groups excluding tert-OH is 1. The van der Waals surface area contributed by atoms with Crippen LogP contribution in [0.3, 0.4) is 0 Å². The number of hydrogen-bond acceptors (Lipinski definition) is 3. The predicted molar refractivity (Wildman–Crippen MR) is 92.0 cm³/mol. The Labute approximate surface area is 142 Å². The first kappa shape index (κ1) is 17.1. The fourth-order valence-corrected chi connectivity index (χ4v) is 2.84. The molecule has 24 heavy (non-hydrogen) atoms. The summed E-state index contributed by atoms with van der Waals surface area (Å²) in [5.74, 6) is -0.278. The molecule has 5 heteroatoms. The molecule has 2 aromatic rings. The van der Waals surface area contributed by atoms with Gasteiger partial charge in [0.1, 0.15) is 5.82 Å². The van der Waals surface area contributed by atoms with E-state index in [-0.39, 0.29) is 11.4 Å². The van der Waals surface area contributed by atoms with E-state index in [0.717, 1.165) is 17.7 Å². The topological polar surface area (TPSA) is 41.3 Å². The zero-order chi connectivity index (χ0) is 17.3. The molecule has 1 aromatic carbocycles. The Kier molecular flexibility index (Phi) is 4.74. The molecular weight excluding hydrogens is 305 g/mol. The zero-order valence-electron chi connectivity index (χ0n) is 14.6. The lowest BCUT2D eigenvalue weighted by molar-refractivity contribution is 0.104. The molecule has 1 aliphatic carbocycles. The molecule has 130 valence electrons. The van der Waals surface area contributed by atoms with E-state index >= 15 is 0 Å². The summed E-state index contributed by atoms with van der Waals surface area (Å²) in [6.07, 6.45) is 5.72.